The van der Waals surface area contributed by atoms with Gasteiger partial charge in [0.1, 0.15) is 0 Å². The van der Waals surface area contributed by atoms with Crippen LogP contribution in [-0.4, -0.2) is 29.9 Å². The second-order valence-electron chi connectivity index (χ2n) is 3.55. The molecule has 0 heterocycles. The Morgan fingerprint density at radius 3 is 1.39 bits per heavy atom. The van der Waals surface area contributed by atoms with Crippen molar-refractivity contribution in [2.24, 2.45) is 0 Å². The minimum absolute atomic E-state index is 0. The van der Waals surface area contributed by atoms with Crippen molar-refractivity contribution in [3.05, 3.63) is 6.92 Å². The van der Waals surface area contributed by atoms with Gasteiger partial charge in [-0.25, -0.2) is 13.2 Å². The zero-order valence-corrected chi connectivity index (χ0v) is 13.1. The van der Waals surface area contributed by atoms with Crippen LogP contribution in [0.1, 0.15) is 13.3 Å². The predicted molar refractivity (Wildman–Crippen MR) is 40.3 cm³/mol. The average Bonchev–Trinajstić information content (AvgIpc) is 2.11. The quantitative estimate of drug-likeness (QED) is 0.394. The van der Waals surface area contributed by atoms with Gasteiger partial charge < -0.3 is 6.92 Å². The molecule has 0 aliphatic rings. The maximum absolute atomic E-state index is 13.1. The van der Waals surface area contributed by atoms with Gasteiger partial charge in [0.25, 0.3) is 0 Å². The van der Waals surface area contributed by atoms with Crippen LogP contribution in [0.2, 0.25) is 0 Å². The monoisotopic (exact) mass is 513 g/mol. The first-order valence-electron chi connectivity index (χ1n) is 4.16. The molecule has 3 atom stereocenters. The van der Waals surface area contributed by atoms with Crippen molar-refractivity contribution < 1.29 is 70.6 Å². The molecule has 108 valence electrons. The molecule has 0 bridgehead atoms. The minimum Gasteiger partial charge on any atom is -0.340 e. The molecule has 18 heavy (non-hydrogen) atoms. The van der Waals surface area contributed by atoms with Gasteiger partial charge >= 0.3 is 12.4 Å². The molecule has 0 amide bonds. The Balaban J connectivity index is 0. The number of hydrogen-bond acceptors (Lipinski definition) is 0. The van der Waals surface area contributed by atoms with Gasteiger partial charge in [-0.15, -0.1) is 6.42 Å². The molecule has 0 aliphatic heterocycles. The Hall–Kier alpha value is 0.422. The fourth-order valence-corrected chi connectivity index (χ4v) is 0.985. The molecule has 10 heteroatoms. The van der Waals surface area contributed by atoms with Crippen LogP contribution in [-0.2, 0) is 0 Å². The van der Waals surface area contributed by atoms with Gasteiger partial charge in [0.15, 0.2) is 6.17 Å². The molecule has 0 spiro atoms. The van der Waals surface area contributed by atoms with Crippen molar-refractivity contribution >= 4 is 0 Å². The van der Waals surface area contributed by atoms with Gasteiger partial charge in [-0.05, 0) is 6.92 Å². The number of alkyl halides is 9. The van der Waals surface area contributed by atoms with Crippen molar-refractivity contribution in [3.8, 4) is 0 Å². The summed E-state index contributed by atoms with van der Waals surface area (Å²) in [5.41, 5.74) is -9.96. The van der Waals surface area contributed by atoms with E-state index in [0.29, 0.717) is 0 Å². The fourth-order valence-electron chi connectivity index (χ4n) is 0.985. The summed E-state index contributed by atoms with van der Waals surface area (Å²) in [6.07, 6.45) is -18.3. The van der Waals surface area contributed by atoms with Crippen LogP contribution in [0.25, 0.3) is 0 Å². The van der Waals surface area contributed by atoms with Crippen molar-refractivity contribution in [2.75, 3.05) is 0 Å². The second-order valence-corrected chi connectivity index (χ2v) is 3.55. The van der Waals surface area contributed by atoms with Crippen molar-refractivity contribution in [1.82, 2.24) is 0 Å². The van der Waals surface area contributed by atoms with Crippen LogP contribution in [0.4, 0.5) is 39.5 Å². The van der Waals surface area contributed by atoms with Crippen molar-refractivity contribution in [1.29, 1.82) is 0 Å². The Labute approximate surface area is 121 Å². The molecule has 0 nitrogen and oxygen atoms in total. The van der Waals surface area contributed by atoms with Crippen LogP contribution in [0.3, 0.4) is 0 Å². The minimum atomic E-state index is -5.99. The SMILES string of the molecule is [CH2-]CC(F)(C(F)C(C)(F)C(F)(F)F)C(F)(F)F.[U]. The van der Waals surface area contributed by atoms with E-state index in [1.807, 2.05) is 0 Å². The molecule has 0 aliphatic carbocycles. The molecule has 0 saturated heterocycles. The summed E-state index contributed by atoms with van der Waals surface area (Å²) >= 11 is 0. The normalized spacial score (nSPS) is 21.5. The van der Waals surface area contributed by atoms with Gasteiger partial charge in [-0.3, -0.25) is 0 Å². The second kappa shape index (κ2) is 5.82. The molecule has 0 aromatic heterocycles. The van der Waals surface area contributed by atoms with E-state index in [9.17, 15) is 39.5 Å². The van der Waals surface area contributed by atoms with E-state index >= 15 is 0 Å². The summed E-state index contributed by atoms with van der Waals surface area (Å²) in [5.74, 6) is 0. The molecule has 0 radical (unpaired) electrons. The summed E-state index contributed by atoms with van der Waals surface area (Å²) in [6, 6.07) is 0. The third kappa shape index (κ3) is 3.50. The number of rotatable bonds is 3. The van der Waals surface area contributed by atoms with E-state index in [1.54, 1.807) is 0 Å². The zero-order valence-electron chi connectivity index (χ0n) is 8.89. The molecular weight excluding hydrogens is 505 g/mol. The van der Waals surface area contributed by atoms with Gasteiger partial charge in [0.2, 0.25) is 11.3 Å². The smallest absolute Gasteiger partial charge is 0.340 e. The summed E-state index contributed by atoms with van der Waals surface area (Å²) in [7, 11) is 0. The molecule has 0 fully saturated rings. The average molecular weight is 513 g/mol. The summed E-state index contributed by atoms with van der Waals surface area (Å²) in [6.45, 7) is 1.88. The van der Waals surface area contributed by atoms with Gasteiger partial charge in [0.05, 0.1) is 0 Å². The first kappa shape index (κ1) is 20.7. The van der Waals surface area contributed by atoms with Gasteiger partial charge in [0, 0.05) is 31.1 Å². The first-order valence-corrected chi connectivity index (χ1v) is 4.16. The first-order chi connectivity index (χ1) is 7.22. The van der Waals surface area contributed by atoms with Crippen molar-refractivity contribution in [2.45, 2.75) is 43.2 Å². The maximum Gasteiger partial charge on any atom is 0.425 e. The molecule has 0 aromatic rings. The maximum atomic E-state index is 13.1. The number of hydrogen-bond donors (Lipinski definition) is 0. The Bertz CT molecular complexity index is 269. The molecular formula is C8H8F9U-. The zero-order chi connectivity index (χ0) is 14.3. The van der Waals surface area contributed by atoms with E-state index < -0.39 is 43.2 Å². The van der Waals surface area contributed by atoms with E-state index in [2.05, 4.69) is 6.92 Å². The Morgan fingerprint density at radius 1 is 0.889 bits per heavy atom. The predicted octanol–water partition coefficient (Wildman–Crippen LogP) is 4.11. The topological polar surface area (TPSA) is 0 Å². The van der Waals surface area contributed by atoms with E-state index in [4.69, 9.17) is 0 Å². The molecule has 3 unspecified atom stereocenters. The molecule has 0 rings (SSSR count). The van der Waals surface area contributed by atoms with Crippen LogP contribution < -0.4 is 0 Å². The molecule has 0 saturated carbocycles. The largest absolute Gasteiger partial charge is 0.425 e. The molecule has 0 N–H and O–H groups in total. The van der Waals surface area contributed by atoms with Crippen LogP contribution in [0.15, 0.2) is 0 Å². The summed E-state index contributed by atoms with van der Waals surface area (Å²) < 4.78 is 111. The van der Waals surface area contributed by atoms with E-state index in [-0.39, 0.29) is 31.1 Å². The molecule has 0 aromatic carbocycles. The van der Waals surface area contributed by atoms with Crippen LogP contribution in [0, 0.1) is 38.0 Å². The van der Waals surface area contributed by atoms with E-state index in [1.165, 1.54) is 0 Å². The van der Waals surface area contributed by atoms with Crippen LogP contribution in [0.5, 0.6) is 0 Å². The summed E-state index contributed by atoms with van der Waals surface area (Å²) in [5, 5.41) is 0. The fraction of sp³-hybridized carbons (Fsp3) is 0.875. The number of halogens is 9. The third-order valence-electron chi connectivity index (χ3n) is 2.27. The third-order valence-corrected chi connectivity index (χ3v) is 2.27. The van der Waals surface area contributed by atoms with Crippen molar-refractivity contribution in [3.63, 3.8) is 0 Å². The van der Waals surface area contributed by atoms with Gasteiger partial charge in [-0.1, -0.05) is 0 Å². The standard InChI is InChI=1S/C8H8F9.U/c1-3-6(11,8(15,16)17)4(9)5(2,10)7(12,13)14;/h4H,1,3H2,2H3;/q-1;. The van der Waals surface area contributed by atoms with E-state index in [0.717, 1.165) is 0 Å². The Kier molecular flexibility index (Phi) is 6.70. The van der Waals surface area contributed by atoms with Crippen LogP contribution >= 0.6 is 0 Å². The Morgan fingerprint density at radius 2 is 1.22 bits per heavy atom. The van der Waals surface area contributed by atoms with Gasteiger partial charge in [-0.2, -0.15) is 26.3 Å². The summed E-state index contributed by atoms with van der Waals surface area (Å²) in [4.78, 5) is 0.